The molecule has 0 aromatic carbocycles. The van der Waals surface area contributed by atoms with E-state index in [4.69, 9.17) is 9.26 Å². The van der Waals surface area contributed by atoms with E-state index in [1.807, 2.05) is 20.8 Å². The monoisotopic (exact) mass is 357 g/mol. The normalized spacial score (nSPS) is 22.8. The lowest BCUT2D eigenvalue weighted by atomic mass is 10.2. The zero-order valence-electron chi connectivity index (χ0n) is 15.5. The van der Waals surface area contributed by atoms with E-state index in [2.05, 4.69) is 20.1 Å². The standard InChI is InChI=1S/C18H23N5O3/c1-9-10(2)20-15(11(3)19-9)18(24)23-8-13(25-4)7-14(23)17-21-16(22-26-17)12-5-6-12/h12-14H,5-8H2,1-4H3/t13-,14+/m0/s1. The molecule has 1 amide bonds. The van der Waals surface area contributed by atoms with E-state index in [0.717, 1.165) is 30.1 Å². The molecule has 2 aromatic heterocycles. The minimum atomic E-state index is -0.296. The van der Waals surface area contributed by atoms with Crippen molar-refractivity contribution in [2.24, 2.45) is 0 Å². The van der Waals surface area contributed by atoms with E-state index in [1.165, 1.54) is 0 Å². The highest BCUT2D eigenvalue weighted by molar-refractivity contribution is 5.93. The molecule has 1 saturated heterocycles. The molecular formula is C18H23N5O3. The van der Waals surface area contributed by atoms with Crippen molar-refractivity contribution in [2.45, 2.75) is 58.1 Å². The van der Waals surface area contributed by atoms with Crippen molar-refractivity contribution in [1.29, 1.82) is 0 Å². The number of carbonyl (C=O) groups is 1. The van der Waals surface area contributed by atoms with Crippen LogP contribution in [-0.4, -0.2) is 50.7 Å². The van der Waals surface area contributed by atoms with Crippen LogP contribution in [0.25, 0.3) is 0 Å². The molecule has 2 atom stereocenters. The van der Waals surface area contributed by atoms with Crippen molar-refractivity contribution < 1.29 is 14.1 Å². The lowest BCUT2D eigenvalue weighted by Crippen LogP contribution is -2.33. The summed E-state index contributed by atoms with van der Waals surface area (Å²) < 4.78 is 11.0. The van der Waals surface area contributed by atoms with E-state index < -0.39 is 0 Å². The lowest BCUT2D eigenvalue weighted by Gasteiger charge is -2.22. The second-order valence-electron chi connectivity index (χ2n) is 7.16. The Morgan fingerprint density at radius 2 is 1.85 bits per heavy atom. The summed E-state index contributed by atoms with van der Waals surface area (Å²) in [7, 11) is 1.65. The van der Waals surface area contributed by atoms with Gasteiger partial charge in [0, 0.05) is 26.0 Å². The summed E-state index contributed by atoms with van der Waals surface area (Å²) in [6.45, 7) is 6.03. The zero-order valence-corrected chi connectivity index (χ0v) is 15.5. The Bertz CT molecular complexity index is 845. The van der Waals surface area contributed by atoms with Crippen molar-refractivity contribution in [3.63, 3.8) is 0 Å². The second-order valence-corrected chi connectivity index (χ2v) is 7.16. The van der Waals surface area contributed by atoms with Gasteiger partial charge in [-0.15, -0.1) is 0 Å². The summed E-state index contributed by atoms with van der Waals surface area (Å²) >= 11 is 0. The predicted octanol–water partition coefficient (Wildman–Crippen LogP) is 2.26. The maximum absolute atomic E-state index is 13.2. The summed E-state index contributed by atoms with van der Waals surface area (Å²) in [5.41, 5.74) is 2.59. The molecule has 0 radical (unpaired) electrons. The predicted molar refractivity (Wildman–Crippen MR) is 91.7 cm³/mol. The van der Waals surface area contributed by atoms with Gasteiger partial charge in [0.15, 0.2) is 5.82 Å². The Labute approximate surface area is 152 Å². The quantitative estimate of drug-likeness (QED) is 0.828. The first-order chi connectivity index (χ1) is 12.5. The Kier molecular flexibility index (Phi) is 4.22. The highest BCUT2D eigenvalue weighted by Gasteiger charge is 2.41. The molecule has 0 spiro atoms. The number of amides is 1. The molecule has 2 aliphatic rings. The number of hydrogen-bond donors (Lipinski definition) is 0. The lowest BCUT2D eigenvalue weighted by molar-refractivity contribution is 0.0663. The van der Waals surface area contributed by atoms with Gasteiger partial charge in [0.05, 0.1) is 23.2 Å². The summed E-state index contributed by atoms with van der Waals surface area (Å²) in [5, 5.41) is 4.09. The first-order valence-electron chi connectivity index (χ1n) is 8.97. The number of aryl methyl sites for hydroxylation is 3. The van der Waals surface area contributed by atoms with Gasteiger partial charge in [-0.3, -0.25) is 9.78 Å². The molecule has 8 nitrogen and oxygen atoms in total. The summed E-state index contributed by atoms with van der Waals surface area (Å²) in [6, 6.07) is -0.296. The summed E-state index contributed by atoms with van der Waals surface area (Å²) in [5.74, 6) is 1.46. The van der Waals surface area contributed by atoms with Crippen LogP contribution in [0.2, 0.25) is 0 Å². The summed E-state index contributed by atoms with van der Waals surface area (Å²) in [6.07, 6.45) is 2.76. The molecule has 0 bridgehead atoms. The van der Waals surface area contributed by atoms with Gasteiger partial charge >= 0.3 is 0 Å². The van der Waals surface area contributed by atoms with Crippen LogP contribution in [0, 0.1) is 20.8 Å². The van der Waals surface area contributed by atoms with E-state index in [-0.39, 0.29) is 18.1 Å². The van der Waals surface area contributed by atoms with Crippen LogP contribution in [0.5, 0.6) is 0 Å². The van der Waals surface area contributed by atoms with Gasteiger partial charge < -0.3 is 14.2 Å². The third-order valence-corrected chi connectivity index (χ3v) is 5.23. The van der Waals surface area contributed by atoms with Crippen LogP contribution in [0.3, 0.4) is 0 Å². The van der Waals surface area contributed by atoms with Crippen LogP contribution >= 0.6 is 0 Å². The molecule has 1 aliphatic carbocycles. The van der Waals surface area contributed by atoms with Crippen molar-refractivity contribution in [3.05, 3.63) is 34.5 Å². The molecule has 0 N–H and O–H groups in total. The Hall–Kier alpha value is -2.35. The molecule has 138 valence electrons. The topological polar surface area (TPSA) is 94.2 Å². The molecule has 26 heavy (non-hydrogen) atoms. The van der Waals surface area contributed by atoms with Crippen LogP contribution < -0.4 is 0 Å². The maximum Gasteiger partial charge on any atom is 0.275 e. The van der Waals surface area contributed by atoms with E-state index >= 15 is 0 Å². The average Bonchev–Trinajstić information content (AvgIpc) is 3.19. The van der Waals surface area contributed by atoms with Gasteiger partial charge in [0.25, 0.3) is 5.91 Å². The van der Waals surface area contributed by atoms with Gasteiger partial charge in [0.1, 0.15) is 11.7 Å². The fourth-order valence-electron chi connectivity index (χ4n) is 3.37. The van der Waals surface area contributed by atoms with Crippen molar-refractivity contribution in [1.82, 2.24) is 25.0 Å². The van der Waals surface area contributed by atoms with Gasteiger partial charge in [-0.2, -0.15) is 4.98 Å². The fraction of sp³-hybridized carbons (Fsp3) is 0.611. The van der Waals surface area contributed by atoms with E-state index in [0.29, 0.717) is 36.2 Å². The van der Waals surface area contributed by atoms with Crippen molar-refractivity contribution in [2.75, 3.05) is 13.7 Å². The molecule has 3 heterocycles. The summed E-state index contributed by atoms with van der Waals surface area (Å²) in [4.78, 5) is 28.4. The largest absolute Gasteiger partial charge is 0.380 e. The third kappa shape index (κ3) is 2.98. The Morgan fingerprint density at radius 3 is 2.54 bits per heavy atom. The number of aromatic nitrogens is 4. The van der Waals surface area contributed by atoms with Gasteiger partial charge in [-0.05, 0) is 33.6 Å². The smallest absolute Gasteiger partial charge is 0.275 e. The molecule has 2 fully saturated rings. The first-order valence-corrected chi connectivity index (χ1v) is 8.97. The number of likely N-dealkylation sites (tertiary alicyclic amines) is 1. The molecule has 0 unspecified atom stereocenters. The van der Waals surface area contributed by atoms with Crippen LogP contribution in [0.4, 0.5) is 0 Å². The van der Waals surface area contributed by atoms with E-state index in [1.54, 1.807) is 12.0 Å². The zero-order chi connectivity index (χ0) is 18.4. The van der Waals surface area contributed by atoms with Crippen molar-refractivity contribution >= 4 is 5.91 Å². The first kappa shape index (κ1) is 17.1. The molecule has 2 aromatic rings. The van der Waals surface area contributed by atoms with Crippen molar-refractivity contribution in [3.8, 4) is 0 Å². The van der Waals surface area contributed by atoms with Gasteiger partial charge in [0.2, 0.25) is 5.89 Å². The number of hydrogen-bond acceptors (Lipinski definition) is 7. The molecule has 4 rings (SSSR count). The van der Waals surface area contributed by atoms with Crippen LogP contribution in [-0.2, 0) is 4.74 Å². The SMILES string of the molecule is CO[C@H]1C[C@H](c2nc(C3CC3)no2)N(C(=O)c2nc(C)c(C)nc2C)C1. The molecule has 8 heteroatoms. The molecule has 1 aliphatic heterocycles. The minimum Gasteiger partial charge on any atom is -0.380 e. The Morgan fingerprint density at radius 1 is 1.12 bits per heavy atom. The number of ether oxygens (including phenoxy) is 1. The molecule has 1 saturated carbocycles. The minimum absolute atomic E-state index is 0.0694. The van der Waals surface area contributed by atoms with Crippen LogP contribution in [0.15, 0.2) is 4.52 Å². The Balaban J connectivity index is 1.65. The average molecular weight is 357 g/mol. The maximum atomic E-state index is 13.2. The van der Waals surface area contributed by atoms with Crippen LogP contribution in [0.1, 0.15) is 70.5 Å². The number of nitrogens with zero attached hydrogens (tertiary/aromatic N) is 5. The van der Waals surface area contributed by atoms with Gasteiger partial charge in [-0.25, -0.2) is 4.98 Å². The highest BCUT2D eigenvalue weighted by Crippen LogP contribution is 2.40. The highest BCUT2D eigenvalue weighted by atomic mass is 16.5. The second kappa shape index (κ2) is 6.42. The number of methoxy groups -OCH3 is 1. The number of carbonyl (C=O) groups excluding carboxylic acids is 1. The number of rotatable bonds is 4. The third-order valence-electron chi connectivity index (χ3n) is 5.23. The van der Waals surface area contributed by atoms with E-state index in [9.17, 15) is 4.79 Å². The fourth-order valence-corrected chi connectivity index (χ4v) is 3.37. The molecular weight excluding hydrogens is 334 g/mol. The van der Waals surface area contributed by atoms with Gasteiger partial charge in [-0.1, -0.05) is 5.16 Å².